The van der Waals surface area contributed by atoms with E-state index >= 15 is 0 Å². The Morgan fingerprint density at radius 1 is 1.33 bits per heavy atom. The smallest absolute Gasteiger partial charge is 0.127 e. The second-order valence-corrected chi connectivity index (χ2v) is 3.43. The molecule has 12 heavy (non-hydrogen) atoms. The Balaban J connectivity index is 3.95. The first-order valence-electron chi connectivity index (χ1n) is 4.21. The molecule has 0 saturated heterocycles. The molecule has 0 bridgehead atoms. The first-order chi connectivity index (χ1) is 5.58. The number of unbranched alkanes of at least 4 members (excludes halogenated alkanes) is 1. The largest absolute Gasteiger partial charge is 0.251 e. The third-order valence-corrected chi connectivity index (χ3v) is 1.96. The molecule has 0 aromatic rings. The molecule has 4 heteroatoms. The predicted molar refractivity (Wildman–Crippen MR) is 44.8 cm³/mol. The monoisotopic (exact) mass is 178 g/mol. The van der Waals surface area contributed by atoms with Crippen LogP contribution in [0.4, 0.5) is 0 Å². The molecule has 1 atom stereocenters. The quantitative estimate of drug-likeness (QED) is 0.484. The van der Waals surface area contributed by atoms with Crippen LogP contribution in [0.2, 0.25) is 0 Å². The lowest BCUT2D eigenvalue weighted by Crippen LogP contribution is -2.39. The fourth-order valence-electron chi connectivity index (χ4n) is 0.976. The van der Waals surface area contributed by atoms with Crippen LogP contribution in [0.5, 0.6) is 0 Å². The van der Waals surface area contributed by atoms with Gasteiger partial charge in [-0.15, -0.1) is 0 Å². The van der Waals surface area contributed by atoms with E-state index in [1.54, 1.807) is 13.8 Å². The molecule has 0 aliphatic heterocycles. The zero-order valence-electron chi connectivity index (χ0n) is 7.91. The van der Waals surface area contributed by atoms with Gasteiger partial charge in [0.15, 0.2) is 0 Å². The van der Waals surface area contributed by atoms with Crippen LogP contribution in [0, 0.1) is 0 Å². The number of hydrogen-bond donors (Lipinski definition) is 2. The molecular formula is C8H18O4. The first-order valence-corrected chi connectivity index (χ1v) is 4.21. The zero-order chi connectivity index (χ0) is 9.61. The maximum Gasteiger partial charge on any atom is 0.127 e. The highest BCUT2D eigenvalue weighted by atomic mass is 17.1. The molecule has 1 unspecified atom stereocenters. The summed E-state index contributed by atoms with van der Waals surface area (Å²) >= 11 is 0. The summed E-state index contributed by atoms with van der Waals surface area (Å²) in [6.07, 6.45) is 2.13. The molecule has 0 aromatic heterocycles. The van der Waals surface area contributed by atoms with Crippen molar-refractivity contribution in [2.75, 3.05) is 0 Å². The second-order valence-electron chi connectivity index (χ2n) is 3.43. The molecule has 0 heterocycles. The summed E-state index contributed by atoms with van der Waals surface area (Å²) in [5.41, 5.74) is -0.857. The lowest BCUT2D eigenvalue weighted by Gasteiger charge is -2.28. The average molecular weight is 178 g/mol. The Morgan fingerprint density at radius 3 is 2.25 bits per heavy atom. The van der Waals surface area contributed by atoms with Crippen molar-refractivity contribution in [3.8, 4) is 0 Å². The van der Waals surface area contributed by atoms with Crippen molar-refractivity contribution in [3.63, 3.8) is 0 Å². The highest BCUT2D eigenvalue weighted by Gasteiger charge is 2.31. The third-order valence-electron chi connectivity index (χ3n) is 1.96. The van der Waals surface area contributed by atoms with Crippen LogP contribution in [0.3, 0.4) is 0 Å². The van der Waals surface area contributed by atoms with E-state index in [1.807, 2.05) is 6.92 Å². The van der Waals surface area contributed by atoms with Gasteiger partial charge in [-0.1, -0.05) is 19.8 Å². The molecule has 0 rings (SSSR count). The highest BCUT2D eigenvalue weighted by Crippen LogP contribution is 2.20. The van der Waals surface area contributed by atoms with Gasteiger partial charge in [0, 0.05) is 0 Å². The second kappa shape index (κ2) is 5.48. The van der Waals surface area contributed by atoms with Gasteiger partial charge in [0.2, 0.25) is 0 Å². The predicted octanol–water partition coefficient (Wildman–Crippen LogP) is 2.30. The molecule has 4 nitrogen and oxygen atoms in total. The summed E-state index contributed by atoms with van der Waals surface area (Å²) in [7, 11) is 0. The lowest BCUT2D eigenvalue weighted by molar-refractivity contribution is -0.384. The Morgan fingerprint density at radius 2 is 1.92 bits per heavy atom. The van der Waals surface area contributed by atoms with E-state index in [0.29, 0.717) is 6.42 Å². The van der Waals surface area contributed by atoms with Gasteiger partial charge in [-0.25, -0.2) is 9.78 Å². The fraction of sp³-hybridized carbons (Fsp3) is 1.00. The Hall–Kier alpha value is -0.160. The van der Waals surface area contributed by atoms with Gasteiger partial charge in [0.25, 0.3) is 0 Å². The van der Waals surface area contributed by atoms with Crippen LogP contribution < -0.4 is 0 Å². The Bertz CT molecular complexity index is 114. The lowest BCUT2D eigenvalue weighted by atomic mass is 9.97. The van der Waals surface area contributed by atoms with E-state index in [1.165, 1.54) is 0 Å². The molecule has 0 spiro atoms. The molecule has 0 fully saturated rings. The molecule has 0 saturated carbocycles. The van der Waals surface area contributed by atoms with Gasteiger partial charge >= 0.3 is 0 Å². The minimum absolute atomic E-state index is 0.484. The van der Waals surface area contributed by atoms with Crippen LogP contribution in [0.15, 0.2) is 0 Å². The van der Waals surface area contributed by atoms with Crippen molar-refractivity contribution in [2.45, 2.75) is 51.7 Å². The van der Waals surface area contributed by atoms with E-state index in [2.05, 4.69) is 9.78 Å². The molecule has 0 aliphatic carbocycles. The van der Waals surface area contributed by atoms with Gasteiger partial charge in [0.05, 0.1) is 0 Å². The average Bonchev–Trinajstić information content (AvgIpc) is 2.05. The molecule has 74 valence electrons. The number of hydrogen-bond acceptors (Lipinski definition) is 4. The normalized spacial score (nSPS) is 14.8. The molecule has 0 aliphatic rings. The van der Waals surface area contributed by atoms with Crippen molar-refractivity contribution in [1.29, 1.82) is 0 Å². The van der Waals surface area contributed by atoms with Crippen molar-refractivity contribution >= 4 is 0 Å². The standard InChI is InChI=1S/C8H18O4/c1-4-5-6-7(11-9)8(2,3)12-10/h7,9-10H,4-6H2,1-3H3. The van der Waals surface area contributed by atoms with Crippen molar-refractivity contribution in [2.24, 2.45) is 0 Å². The third kappa shape index (κ3) is 3.49. The summed E-state index contributed by atoms with van der Waals surface area (Å²) < 4.78 is 0. The summed E-state index contributed by atoms with van der Waals surface area (Å²) in [6, 6.07) is 0. The fourth-order valence-corrected chi connectivity index (χ4v) is 0.976. The van der Waals surface area contributed by atoms with Crippen LogP contribution in [0.25, 0.3) is 0 Å². The minimum atomic E-state index is -0.857. The highest BCUT2D eigenvalue weighted by molar-refractivity contribution is 4.77. The van der Waals surface area contributed by atoms with E-state index < -0.39 is 11.7 Å². The SMILES string of the molecule is CCCCC(OO)C(C)(C)OO. The summed E-state index contributed by atoms with van der Waals surface area (Å²) in [5.74, 6) is 0. The van der Waals surface area contributed by atoms with E-state index in [9.17, 15) is 0 Å². The molecule has 0 radical (unpaired) electrons. The van der Waals surface area contributed by atoms with Crippen LogP contribution in [0.1, 0.15) is 40.0 Å². The first kappa shape index (κ1) is 11.8. The summed E-state index contributed by atoms with van der Waals surface area (Å²) in [6.45, 7) is 5.36. The van der Waals surface area contributed by atoms with Crippen molar-refractivity contribution in [3.05, 3.63) is 0 Å². The summed E-state index contributed by atoms with van der Waals surface area (Å²) in [5, 5.41) is 17.0. The van der Waals surface area contributed by atoms with Crippen LogP contribution >= 0.6 is 0 Å². The van der Waals surface area contributed by atoms with Gasteiger partial charge < -0.3 is 0 Å². The molecule has 2 N–H and O–H groups in total. The van der Waals surface area contributed by atoms with Gasteiger partial charge in [-0.2, -0.15) is 0 Å². The van der Waals surface area contributed by atoms with Crippen molar-refractivity contribution < 1.29 is 20.3 Å². The maximum absolute atomic E-state index is 8.53. The zero-order valence-corrected chi connectivity index (χ0v) is 7.91. The molecule has 0 amide bonds. The van der Waals surface area contributed by atoms with Gasteiger partial charge in [0.1, 0.15) is 11.7 Å². The molecule has 0 aromatic carbocycles. The topological polar surface area (TPSA) is 58.9 Å². The van der Waals surface area contributed by atoms with Crippen LogP contribution in [-0.4, -0.2) is 22.2 Å². The van der Waals surface area contributed by atoms with Gasteiger partial charge in [-0.05, 0) is 20.3 Å². The number of rotatable bonds is 6. The van der Waals surface area contributed by atoms with Gasteiger partial charge in [-0.3, -0.25) is 10.5 Å². The Kier molecular flexibility index (Phi) is 5.41. The van der Waals surface area contributed by atoms with Crippen LogP contribution in [-0.2, 0) is 9.78 Å². The summed E-state index contributed by atoms with van der Waals surface area (Å²) in [4.78, 5) is 8.43. The Labute approximate surface area is 73.0 Å². The molecular weight excluding hydrogens is 160 g/mol. The van der Waals surface area contributed by atoms with E-state index in [-0.39, 0.29) is 0 Å². The van der Waals surface area contributed by atoms with E-state index in [4.69, 9.17) is 10.5 Å². The maximum atomic E-state index is 8.53. The minimum Gasteiger partial charge on any atom is -0.251 e. The van der Waals surface area contributed by atoms with E-state index in [0.717, 1.165) is 12.8 Å². The van der Waals surface area contributed by atoms with Crippen molar-refractivity contribution in [1.82, 2.24) is 0 Å².